The fourth-order valence-electron chi connectivity index (χ4n) is 3.20. The largest absolute Gasteiger partial charge is 0.480 e. The predicted octanol–water partition coefficient (Wildman–Crippen LogP) is 0.0439. The topological polar surface area (TPSA) is 84.3 Å². The molecule has 7 heteroatoms. The summed E-state index contributed by atoms with van der Waals surface area (Å²) >= 11 is 0. The number of amides is 2. The molecule has 0 aromatic heterocycles. The highest BCUT2D eigenvalue weighted by molar-refractivity contribution is 5.75. The first-order valence-electron chi connectivity index (χ1n) is 7.63. The molecule has 2 rings (SSSR count). The van der Waals surface area contributed by atoms with Crippen LogP contribution in [0.4, 0.5) is 4.79 Å². The van der Waals surface area contributed by atoms with E-state index in [1.165, 1.54) is 0 Å². The summed E-state index contributed by atoms with van der Waals surface area (Å²) < 4.78 is 0. The smallest absolute Gasteiger partial charge is 0.320 e. The lowest BCUT2D eigenvalue weighted by Crippen LogP contribution is -2.56. The Bertz CT molecular complexity index is 382. The van der Waals surface area contributed by atoms with E-state index in [0.29, 0.717) is 26.2 Å². The minimum absolute atomic E-state index is 0.0270. The van der Waals surface area contributed by atoms with Gasteiger partial charge in [-0.25, -0.2) is 4.79 Å². The van der Waals surface area contributed by atoms with E-state index in [-0.39, 0.29) is 18.6 Å². The fourth-order valence-corrected chi connectivity index (χ4v) is 3.20. The lowest BCUT2D eigenvalue weighted by atomic mass is 9.92. The summed E-state index contributed by atoms with van der Waals surface area (Å²) in [6.07, 6.45) is 3.25. The highest BCUT2D eigenvalue weighted by Gasteiger charge is 2.32. The SMILES string of the molecule is CN(C(=O)N1CCN(CC(=O)O)CC1)C1CCCCC1O. The zero-order chi connectivity index (χ0) is 15.4. The van der Waals surface area contributed by atoms with Crippen LogP contribution < -0.4 is 0 Å². The number of likely N-dealkylation sites (N-methyl/N-ethyl adjacent to an activating group) is 1. The lowest BCUT2D eigenvalue weighted by Gasteiger charge is -2.40. The van der Waals surface area contributed by atoms with Crippen LogP contribution in [0.1, 0.15) is 25.7 Å². The third-order valence-corrected chi connectivity index (χ3v) is 4.49. The van der Waals surface area contributed by atoms with Crippen LogP contribution >= 0.6 is 0 Å². The van der Waals surface area contributed by atoms with Crippen molar-refractivity contribution in [1.82, 2.24) is 14.7 Å². The Balaban J connectivity index is 1.84. The van der Waals surface area contributed by atoms with Crippen LogP contribution in [-0.2, 0) is 4.79 Å². The molecule has 2 aliphatic rings. The quantitative estimate of drug-likeness (QED) is 0.769. The minimum Gasteiger partial charge on any atom is -0.480 e. The number of aliphatic hydroxyl groups is 1. The van der Waals surface area contributed by atoms with E-state index in [2.05, 4.69) is 0 Å². The van der Waals surface area contributed by atoms with Gasteiger partial charge in [-0.05, 0) is 12.8 Å². The summed E-state index contributed by atoms with van der Waals surface area (Å²) in [6.45, 7) is 2.27. The first-order valence-corrected chi connectivity index (χ1v) is 7.63. The number of carboxylic acids is 1. The Kier molecular flexibility index (Phi) is 5.41. The van der Waals surface area contributed by atoms with E-state index >= 15 is 0 Å². The normalized spacial score (nSPS) is 27.4. The third-order valence-electron chi connectivity index (χ3n) is 4.49. The standard InChI is InChI=1S/C14H25N3O4/c1-15(11-4-2-3-5-12(11)18)14(21)17-8-6-16(7-9-17)10-13(19)20/h11-12,18H,2-10H2,1H3,(H,19,20). The van der Waals surface area contributed by atoms with Crippen LogP contribution in [0.15, 0.2) is 0 Å². The summed E-state index contributed by atoms with van der Waals surface area (Å²) in [6, 6.07) is -0.153. The number of carbonyl (C=O) groups is 2. The molecule has 0 aromatic rings. The predicted molar refractivity (Wildman–Crippen MR) is 77.1 cm³/mol. The molecule has 0 bridgehead atoms. The number of hydrogen-bond acceptors (Lipinski definition) is 4. The molecule has 1 saturated heterocycles. The van der Waals surface area contributed by atoms with Crippen molar-refractivity contribution in [3.8, 4) is 0 Å². The maximum absolute atomic E-state index is 12.5. The molecule has 1 saturated carbocycles. The number of urea groups is 1. The zero-order valence-corrected chi connectivity index (χ0v) is 12.6. The Hall–Kier alpha value is -1.34. The van der Waals surface area contributed by atoms with E-state index in [1.807, 2.05) is 4.90 Å². The third kappa shape index (κ3) is 4.07. The van der Waals surface area contributed by atoms with E-state index in [9.17, 15) is 14.7 Å². The van der Waals surface area contributed by atoms with Gasteiger partial charge in [0.05, 0.1) is 18.7 Å². The number of aliphatic carboxylic acids is 1. The summed E-state index contributed by atoms with van der Waals surface area (Å²) in [5, 5.41) is 18.8. The summed E-state index contributed by atoms with van der Waals surface area (Å²) in [7, 11) is 1.76. The summed E-state index contributed by atoms with van der Waals surface area (Å²) in [5.41, 5.74) is 0. The van der Waals surface area contributed by atoms with Gasteiger partial charge in [-0.15, -0.1) is 0 Å². The molecular formula is C14H25N3O4. The minimum atomic E-state index is -0.836. The van der Waals surface area contributed by atoms with Gasteiger partial charge < -0.3 is 20.0 Å². The number of rotatable bonds is 3. The fraction of sp³-hybridized carbons (Fsp3) is 0.857. The number of hydrogen-bond donors (Lipinski definition) is 2. The molecule has 1 heterocycles. The summed E-state index contributed by atoms with van der Waals surface area (Å²) in [4.78, 5) is 28.4. The van der Waals surface area contributed by atoms with E-state index in [4.69, 9.17) is 5.11 Å². The van der Waals surface area contributed by atoms with Gasteiger partial charge in [0, 0.05) is 33.2 Å². The van der Waals surface area contributed by atoms with Crippen LogP contribution in [0, 0.1) is 0 Å². The van der Waals surface area contributed by atoms with Crippen molar-refractivity contribution in [3.63, 3.8) is 0 Å². The van der Waals surface area contributed by atoms with Gasteiger partial charge in [0.25, 0.3) is 0 Å². The second-order valence-electron chi connectivity index (χ2n) is 5.97. The molecule has 2 atom stereocenters. The molecular weight excluding hydrogens is 274 g/mol. The molecule has 120 valence electrons. The van der Waals surface area contributed by atoms with E-state index in [1.54, 1.807) is 16.8 Å². The van der Waals surface area contributed by atoms with Crippen LogP contribution in [0.25, 0.3) is 0 Å². The molecule has 21 heavy (non-hydrogen) atoms. The molecule has 0 radical (unpaired) electrons. The highest BCUT2D eigenvalue weighted by Crippen LogP contribution is 2.23. The highest BCUT2D eigenvalue weighted by atomic mass is 16.4. The molecule has 7 nitrogen and oxygen atoms in total. The van der Waals surface area contributed by atoms with Gasteiger partial charge in [-0.3, -0.25) is 9.69 Å². The van der Waals surface area contributed by atoms with Crippen molar-refractivity contribution in [1.29, 1.82) is 0 Å². The summed E-state index contributed by atoms with van der Waals surface area (Å²) in [5.74, 6) is -0.836. The van der Waals surface area contributed by atoms with Crippen LogP contribution in [-0.4, -0.2) is 88.8 Å². The molecule has 2 fully saturated rings. The van der Waals surface area contributed by atoms with Crippen LogP contribution in [0.3, 0.4) is 0 Å². The molecule has 2 amide bonds. The maximum Gasteiger partial charge on any atom is 0.320 e. The monoisotopic (exact) mass is 299 g/mol. The first kappa shape index (κ1) is 16.0. The number of nitrogens with zero attached hydrogens (tertiary/aromatic N) is 3. The number of piperazine rings is 1. The molecule has 2 unspecified atom stereocenters. The van der Waals surface area contributed by atoms with Gasteiger partial charge >= 0.3 is 12.0 Å². The lowest BCUT2D eigenvalue weighted by molar-refractivity contribution is -0.138. The molecule has 1 aliphatic carbocycles. The average Bonchev–Trinajstić information content (AvgIpc) is 2.46. The molecule has 1 aliphatic heterocycles. The number of aliphatic hydroxyl groups excluding tert-OH is 1. The zero-order valence-electron chi connectivity index (χ0n) is 12.6. The number of carboxylic acid groups (broad SMARTS) is 1. The van der Waals surface area contributed by atoms with Crippen LogP contribution in [0.2, 0.25) is 0 Å². The maximum atomic E-state index is 12.5. The Morgan fingerprint density at radius 3 is 2.33 bits per heavy atom. The Morgan fingerprint density at radius 2 is 1.76 bits per heavy atom. The van der Waals surface area contributed by atoms with Crippen molar-refractivity contribution < 1.29 is 19.8 Å². The van der Waals surface area contributed by atoms with Crippen molar-refractivity contribution in [2.45, 2.75) is 37.8 Å². The van der Waals surface area contributed by atoms with Crippen molar-refractivity contribution in [3.05, 3.63) is 0 Å². The second kappa shape index (κ2) is 7.09. The van der Waals surface area contributed by atoms with Gasteiger partial charge in [0.2, 0.25) is 0 Å². The Morgan fingerprint density at radius 1 is 1.14 bits per heavy atom. The van der Waals surface area contributed by atoms with Crippen molar-refractivity contribution >= 4 is 12.0 Å². The molecule has 0 spiro atoms. The van der Waals surface area contributed by atoms with E-state index < -0.39 is 12.1 Å². The Labute approximate surface area is 125 Å². The van der Waals surface area contributed by atoms with Gasteiger partial charge in [0.15, 0.2) is 0 Å². The first-order chi connectivity index (χ1) is 9.99. The van der Waals surface area contributed by atoms with Crippen molar-refractivity contribution in [2.24, 2.45) is 0 Å². The second-order valence-corrected chi connectivity index (χ2v) is 5.97. The van der Waals surface area contributed by atoms with Gasteiger partial charge in [0.1, 0.15) is 0 Å². The molecule has 0 aromatic carbocycles. The van der Waals surface area contributed by atoms with Crippen LogP contribution in [0.5, 0.6) is 0 Å². The van der Waals surface area contributed by atoms with Crippen molar-refractivity contribution in [2.75, 3.05) is 39.8 Å². The van der Waals surface area contributed by atoms with Gasteiger partial charge in [-0.2, -0.15) is 0 Å². The molecule has 2 N–H and O–H groups in total. The van der Waals surface area contributed by atoms with E-state index in [0.717, 1.165) is 25.7 Å². The van der Waals surface area contributed by atoms with Gasteiger partial charge in [-0.1, -0.05) is 12.8 Å². The average molecular weight is 299 g/mol. The number of carbonyl (C=O) groups excluding carboxylic acids is 1.